The first-order valence-electron chi connectivity index (χ1n) is 6.67. The number of nitrogens with one attached hydrogen (secondary N) is 1. The SMILES string of the molecule is CC(C)CNCc1ccn(-c2ccc(Cl)cc2[N+](=O)[O-])n1. The number of aromatic nitrogens is 2. The molecule has 112 valence electrons. The first kappa shape index (κ1) is 15.5. The highest BCUT2D eigenvalue weighted by molar-refractivity contribution is 6.30. The third-order valence-electron chi connectivity index (χ3n) is 2.88. The molecule has 2 rings (SSSR count). The lowest BCUT2D eigenvalue weighted by Crippen LogP contribution is -2.19. The molecule has 0 atom stereocenters. The van der Waals surface area contributed by atoms with Crippen molar-refractivity contribution >= 4 is 17.3 Å². The van der Waals surface area contributed by atoms with E-state index in [2.05, 4.69) is 24.3 Å². The zero-order valence-electron chi connectivity index (χ0n) is 11.9. The lowest BCUT2D eigenvalue weighted by Gasteiger charge is -2.05. The van der Waals surface area contributed by atoms with Gasteiger partial charge in [0.05, 0.1) is 10.6 Å². The minimum Gasteiger partial charge on any atom is -0.311 e. The van der Waals surface area contributed by atoms with Crippen LogP contribution in [0.15, 0.2) is 30.5 Å². The summed E-state index contributed by atoms with van der Waals surface area (Å²) in [6.45, 7) is 5.78. The van der Waals surface area contributed by atoms with E-state index in [9.17, 15) is 10.1 Å². The normalized spacial score (nSPS) is 11.0. The van der Waals surface area contributed by atoms with Crippen molar-refractivity contribution in [2.24, 2.45) is 5.92 Å². The number of rotatable bonds is 6. The fourth-order valence-electron chi connectivity index (χ4n) is 1.92. The van der Waals surface area contributed by atoms with Crippen molar-refractivity contribution in [2.45, 2.75) is 20.4 Å². The number of hydrogen-bond donors (Lipinski definition) is 1. The summed E-state index contributed by atoms with van der Waals surface area (Å²) in [6, 6.07) is 6.38. The summed E-state index contributed by atoms with van der Waals surface area (Å²) in [4.78, 5) is 10.6. The molecule has 0 saturated heterocycles. The molecular weight excluding hydrogens is 292 g/mol. The van der Waals surface area contributed by atoms with E-state index in [-0.39, 0.29) is 5.69 Å². The van der Waals surface area contributed by atoms with Crippen LogP contribution < -0.4 is 5.32 Å². The quantitative estimate of drug-likeness (QED) is 0.657. The van der Waals surface area contributed by atoms with Gasteiger partial charge in [-0.15, -0.1) is 0 Å². The molecule has 0 spiro atoms. The maximum Gasteiger partial charge on any atom is 0.296 e. The molecular formula is C14H17ClN4O2. The summed E-state index contributed by atoms with van der Waals surface area (Å²) in [7, 11) is 0. The van der Waals surface area contributed by atoms with Gasteiger partial charge < -0.3 is 5.32 Å². The summed E-state index contributed by atoms with van der Waals surface area (Å²) in [5.41, 5.74) is 1.17. The molecule has 1 aromatic heterocycles. The molecule has 2 aromatic rings. The van der Waals surface area contributed by atoms with Gasteiger partial charge in [0.25, 0.3) is 5.69 Å². The highest BCUT2D eigenvalue weighted by Crippen LogP contribution is 2.26. The number of nitro groups is 1. The van der Waals surface area contributed by atoms with Gasteiger partial charge in [-0.3, -0.25) is 10.1 Å². The van der Waals surface area contributed by atoms with Gasteiger partial charge in [0.15, 0.2) is 0 Å². The van der Waals surface area contributed by atoms with Crippen LogP contribution in [0.25, 0.3) is 5.69 Å². The van der Waals surface area contributed by atoms with E-state index in [1.54, 1.807) is 18.3 Å². The van der Waals surface area contributed by atoms with E-state index >= 15 is 0 Å². The molecule has 0 aliphatic heterocycles. The van der Waals surface area contributed by atoms with Gasteiger partial charge >= 0.3 is 0 Å². The van der Waals surface area contributed by atoms with Crippen LogP contribution in [0.5, 0.6) is 0 Å². The molecule has 7 heteroatoms. The Kier molecular flexibility index (Phi) is 4.93. The van der Waals surface area contributed by atoms with Crippen molar-refractivity contribution in [1.29, 1.82) is 0 Å². The van der Waals surface area contributed by atoms with Gasteiger partial charge in [-0.25, -0.2) is 4.68 Å². The van der Waals surface area contributed by atoms with Crippen LogP contribution in [0.3, 0.4) is 0 Å². The Bertz CT molecular complexity index is 640. The van der Waals surface area contributed by atoms with Crippen molar-refractivity contribution < 1.29 is 4.92 Å². The van der Waals surface area contributed by atoms with Crippen LogP contribution >= 0.6 is 11.6 Å². The second kappa shape index (κ2) is 6.69. The van der Waals surface area contributed by atoms with Crippen LogP contribution in [0.1, 0.15) is 19.5 Å². The minimum atomic E-state index is -0.459. The predicted molar refractivity (Wildman–Crippen MR) is 81.8 cm³/mol. The van der Waals surface area contributed by atoms with Crippen molar-refractivity contribution in [3.8, 4) is 5.69 Å². The summed E-state index contributed by atoms with van der Waals surface area (Å²) < 4.78 is 1.50. The first-order valence-corrected chi connectivity index (χ1v) is 7.04. The molecule has 0 amide bonds. The monoisotopic (exact) mass is 308 g/mol. The number of hydrogen-bond acceptors (Lipinski definition) is 4. The lowest BCUT2D eigenvalue weighted by atomic mass is 10.2. The molecule has 0 aliphatic carbocycles. The highest BCUT2D eigenvalue weighted by Gasteiger charge is 2.16. The third kappa shape index (κ3) is 4.03. The molecule has 0 unspecified atom stereocenters. The van der Waals surface area contributed by atoms with E-state index in [4.69, 9.17) is 11.6 Å². The van der Waals surface area contributed by atoms with Crippen LogP contribution in [0.2, 0.25) is 5.02 Å². The van der Waals surface area contributed by atoms with E-state index in [0.29, 0.717) is 23.2 Å². The van der Waals surface area contributed by atoms with Gasteiger partial charge in [0, 0.05) is 23.8 Å². The first-order chi connectivity index (χ1) is 9.97. The minimum absolute atomic E-state index is 0.0627. The smallest absolute Gasteiger partial charge is 0.296 e. The van der Waals surface area contributed by atoms with Crippen LogP contribution in [0.4, 0.5) is 5.69 Å². The molecule has 0 bridgehead atoms. The Labute approximate surface area is 127 Å². The zero-order chi connectivity index (χ0) is 15.4. The summed E-state index contributed by atoms with van der Waals surface area (Å²) >= 11 is 5.81. The number of benzene rings is 1. The molecule has 0 radical (unpaired) electrons. The van der Waals surface area contributed by atoms with Crippen molar-refractivity contribution in [3.63, 3.8) is 0 Å². The maximum atomic E-state index is 11.1. The van der Waals surface area contributed by atoms with E-state index in [0.717, 1.165) is 12.2 Å². The number of nitro benzene ring substituents is 1. The van der Waals surface area contributed by atoms with Gasteiger partial charge in [0.1, 0.15) is 5.69 Å². The zero-order valence-corrected chi connectivity index (χ0v) is 12.7. The maximum absolute atomic E-state index is 11.1. The fraction of sp³-hybridized carbons (Fsp3) is 0.357. The fourth-order valence-corrected chi connectivity index (χ4v) is 2.08. The van der Waals surface area contributed by atoms with Gasteiger partial charge in [0.2, 0.25) is 0 Å². The highest BCUT2D eigenvalue weighted by atomic mass is 35.5. The molecule has 6 nitrogen and oxygen atoms in total. The van der Waals surface area contributed by atoms with Crippen LogP contribution in [-0.4, -0.2) is 21.2 Å². The molecule has 0 fully saturated rings. The number of halogens is 1. The Morgan fingerprint density at radius 2 is 2.19 bits per heavy atom. The Hall–Kier alpha value is -1.92. The second-order valence-corrected chi connectivity index (χ2v) is 5.60. The Morgan fingerprint density at radius 3 is 2.86 bits per heavy atom. The molecule has 0 saturated carbocycles. The topological polar surface area (TPSA) is 73.0 Å². The third-order valence-corrected chi connectivity index (χ3v) is 3.12. The van der Waals surface area contributed by atoms with Gasteiger partial charge in [-0.2, -0.15) is 5.10 Å². The van der Waals surface area contributed by atoms with Crippen molar-refractivity contribution in [2.75, 3.05) is 6.54 Å². The largest absolute Gasteiger partial charge is 0.311 e. The molecule has 21 heavy (non-hydrogen) atoms. The van der Waals surface area contributed by atoms with E-state index < -0.39 is 4.92 Å². The summed E-state index contributed by atoms with van der Waals surface area (Å²) in [5, 5.41) is 19.1. The van der Waals surface area contributed by atoms with Crippen molar-refractivity contribution in [3.05, 3.63) is 51.3 Å². The van der Waals surface area contributed by atoms with Gasteiger partial charge in [-0.05, 0) is 30.7 Å². The Balaban J connectivity index is 2.19. The molecule has 1 heterocycles. The molecule has 0 aliphatic rings. The predicted octanol–water partition coefficient (Wildman–Crippen LogP) is 3.18. The molecule has 1 aromatic carbocycles. The standard InChI is InChI=1S/C14H17ClN4O2/c1-10(2)8-16-9-12-5-6-18(17-12)13-4-3-11(15)7-14(13)19(20)21/h3-7,10,16H,8-9H2,1-2H3. The Morgan fingerprint density at radius 1 is 1.43 bits per heavy atom. The van der Waals surface area contributed by atoms with E-state index in [1.165, 1.54) is 10.7 Å². The molecule has 1 N–H and O–H groups in total. The van der Waals surface area contributed by atoms with E-state index in [1.807, 2.05) is 6.07 Å². The second-order valence-electron chi connectivity index (χ2n) is 5.17. The average Bonchev–Trinajstić information content (AvgIpc) is 2.86. The number of nitrogens with zero attached hydrogens (tertiary/aromatic N) is 3. The average molecular weight is 309 g/mol. The van der Waals surface area contributed by atoms with Crippen LogP contribution in [-0.2, 0) is 6.54 Å². The summed E-state index contributed by atoms with van der Waals surface area (Å²) in [5.74, 6) is 0.560. The van der Waals surface area contributed by atoms with Crippen molar-refractivity contribution in [1.82, 2.24) is 15.1 Å². The summed E-state index contributed by atoms with van der Waals surface area (Å²) in [6.07, 6.45) is 1.71. The van der Waals surface area contributed by atoms with Crippen LogP contribution in [0, 0.1) is 16.0 Å². The lowest BCUT2D eigenvalue weighted by molar-refractivity contribution is -0.384. The van der Waals surface area contributed by atoms with Gasteiger partial charge in [-0.1, -0.05) is 25.4 Å².